The van der Waals surface area contributed by atoms with Gasteiger partial charge in [-0.2, -0.15) is 0 Å². The van der Waals surface area contributed by atoms with E-state index in [2.05, 4.69) is 34.5 Å². The number of benzene rings is 2. The minimum absolute atomic E-state index is 0.0607. The number of anilines is 1. The molecule has 0 aromatic heterocycles. The van der Waals surface area contributed by atoms with Gasteiger partial charge < -0.3 is 20.2 Å². The number of rotatable bonds is 4. The summed E-state index contributed by atoms with van der Waals surface area (Å²) in [5, 5.41) is 13.0. The standard InChI is InChI=1S/C23H29N3O2/c27-17-22-20-10-4-2-8-18(20)12-15-26(22)23(28)24-16-19-9-3-5-11-21(19)25-13-6-1-7-14-25/h2-5,8-11,22,27H,1,6-7,12-17H2,(H,24,28). The molecule has 1 atom stereocenters. The molecule has 1 fully saturated rings. The molecule has 0 radical (unpaired) electrons. The molecule has 0 bridgehead atoms. The summed E-state index contributed by atoms with van der Waals surface area (Å²) < 4.78 is 0. The molecule has 2 aliphatic rings. The van der Waals surface area contributed by atoms with E-state index < -0.39 is 0 Å². The Kier molecular flexibility index (Phi) is 5.81. The van der Waals surface area contributed by atoms with Gasteiger partial charge in [0.15, 0.2) is 0 Å². The lowest BCUT2D eigenvalue weighted by atomic mass is 9.93. The SMILES string of the molecule is O=C(NCc1ccccc1N1CCCCC1)N1CCc2ccccc2C1CO. The van der Waals surface area contributed by atoms with Crippen molar-refractivity contribution in [2.45, 2.75) is 38.3 Å². The van der Waals surface area contributed by atoms with Crippen molar-refractivity contribution in [1.29, 1.82) is 0 Å². The number of nitrogens with one attached hydrogen (secondary N) is 1. The fourth-order valence-electron chi connectivity index (χ4n) is 4.47. The second kappa shape index (κ2) is 8.65. The number of fused-ring (bicyclic) bond motifs is 1. The maximum atomic E-state index is 12.9. The van der Waals surface area contributed by atoms with Crippen LogP contribution in [-0.2, 0) is 13.0 Å². The Morgan fingerprint density at radius 2 is 1.75 bits per heavy atom. The Morgan fingerprint density at radius 3 is 2.57 bits per heavy atom. The summed E-state index contributed by atoms with van der Waals surface area (Å²) in [6.45, 7) is 3.24. The highest BCUT2D eigenvalue weighted by atomic mass is 16.3. The molecule has 2 aromatic rings. The number of urea groups is 1. The second-order valence-electron chi connectivity index (χ2n) is 7.68. The topological polar surface area (TPSA) is 55.8 Å². The molecule has 148 valence electrons. The maximum Gasteiger partial charge on any atom is 0.318 e. The zero-order valence-electron chi connectivity index (χ0n) is 16.3. The van der Waals surface area contributed by atoms with Crippen LogP contribution in [0.1, 0.15) is 42.0 Å². The first-order chi connectivity index (χ1) is 13.8. The number of aliphatic hydroxyl groups excluding tert-OH is 1. The fourth-order valence-corrected chi connectivity index (χ4v) is 4.47. The van der Waals surface area contributed by atoms with Gasteiger partial charge >= 0.3 is 6.03 Å². The lowest BCUT2D eigenvalue weighted by Crippen LogP contribution is -2.46. The third kappa shape index (κ3) is 3.85. The van der Waals surface area contributed by atoms with E-state index in [1.54, 1.807) is 4.90 Å². The first-order valence-electron chi connectivity index (χ1n) is 10.3. The van der Waals surface area contributed by atoms with Crippen LogP contribution in [0.15, 0.2) is 48.5 Å². The van der Waals surface area contributed by atoms with E-state index in [0.29, 0.717) is 13.1 Å². The minimum atomic E-state index is -0.276. The third-order valence-electron chi connectivity index (χ3n) is 5.96. The van der Waals surface area contributed by atoms with Crippen LogP contribution in [0.2, 0.25) is 0 Å². The average molecular weight is 380 g/mol. The Hall–Kier alpha value is -2.53. The molecule has 1 unspecified atom stereocenters. The molecule has 5 nitrogen and oxygen atoms in total. The van der Waals surface area contributed by atoms with Crippen LogP contribution in [0.5, 0.6) is 0 Å². The normalized spacial score (nSPS) is 19.2. The van der Waals surface area contributed by atoms with E-state index in [9.17, 15) is 9.90 Å². The molecule has 28 heavy (non-hydrogen) atoms. The number of carbonyl (C=O) groups is 1. The van der Waals surface area contributed by atoms with Gasteiger partial charge in [-0.15, -0.1) is 0 Å². The van der Waals surface area contributed by atoms with E-state index in [0.717, 1.165) is 30.6 Å². The minimum Gasteiger partial charge on any atom is -0.394 e. The van der Waals surface area contributed by atoms with E-state index >= 15 is 0 Å². The summed E-state index contributed by atoms with van der Waals surface area (Å²) >= 11 is 0. The van der Waals surface area contributed by atoms with Gasteiger partial charge in [-0.1, -0.05) is 42.5 Å². The maximum absolute atomic E-state index is 12.9. The molecule has 0 spiro atoms. The smallest absolute Gasteiger partial charge is 0.318 e. The van der Waals surface area contributed by atoms with Crippen LogP contribution >= 0.6 is 0 Å². The van der Waals surface area contributed by atoms with Gasteiger partial charge in [-0.05, 0) is 48.4 Å². The summed E-state index contributed by atoms with van der Waals surface area (Å²) in [6.07, 6.45) is 4.58. The fraction of sp³-hybridized carbons (Fsp3) is 0.435. The van der Waals surface area contributed by atoms with Crippen molar-refractivity contribution in [2.75, 3.05) is 31.1 Å². The first kappa shape index (κ1) is 18.8. The van der Waals surface area contributed by atoms with Gasteiger partial charge in [0.2, 0.25) is 0 Å². The molecule has 1 saturated heterocycles. The average Bonchev–Trinajstić information content (AvgIpc) is 2.77. The molecule has 4 rings (SSSR count). The lowest BCUT2D eigenvalue weighted by Gasteiger charge is -2.36. The number of hydrogen-bond donors (Lipinski definition) is 2. The van der Waals surface area contributed by atoms with Gasteiger partial charge in [0.05, 0.1) is 12.6 Å². The van der Waals surface area contributed by atoms with Crippen LogP contribution < -0.4 is 10.2 Å². The zero-order chi connectivity index (χ0) is 19.3. The summed E-state index contributed by atoms with van der Waals surface area (Å²) in [7, 11) is 0. The number of piperidine rings is 1. The highest BCUT2D eigenvalue weighted by Gasteiger charge is 2.30. The van der Waals surface area contributed by atoms with Crippen molar-refractivity contribution in [3.05, 3.63) is 65.2 Å². The van der Waals surface area contributed by atoms with E-state index in [4.69, 9.17) is 0 Å². The molecule has 2 amide bonds. The molecule has 2 aliphatic heterocycles. The summed E-state index contributed by atoms with van der Waals surface area (Å²) in [4.78, 5) is 17.1. The highest BCUT2D eigenvalue weighted by Crippen LogP contribution is 2.29. The van der Waals surface area contributed by atoms with Gasteiger partial charge in [0, 0.05) is 31.9 Å². The van der Waals surface area contributed by atoms with Crippen molar-refractivity contribution in [3.63, 3.8) is 0 Å². The van der Waals surface area contributed by atoms with Gasteiger partial charge in [0.1, 0.15) is 0 Å². The van der Waals surface area contributed by atoms with Crippen molar-refractivity contribution < 1.29 is 9.90 Å². The monoisotopic (exact) mass is 379 g/mol. The number of hydrogen-bond acceptors (Lipinski definition) is 3. The summed E-state index contributed by atoms with van der Waals surface area (Å²) in [5.41, 5.74) is 4.65. The van der Waals surface area contributed by atoms with Crippen LogP contribution in [0.25, 0.3) is 0 Å². The highest BCUT2D eigenvalue weighted by molar-refractivity contribution is 5.75. The van der Waals surface area contributed by atoms with Crippen molar-refractivity contribution in [3.8, 4) is 0 Å². The van der Waals surface area contributed by atoms with Crippen LogP contribution in [0.3, 0.4) is 0 Å². The molecule has 5 heteroatoms. The third-order valence-corrected chi connectivity index (χ3v) is 5.96. The van der Waals surface area contributed by atoms with Gasteiger partial charge in [-0.25, -0.2) is 4.79 Å². The predicted octanol–water partition coefficient (Wildman–Crippen LogP) is 3.48. The largest absolute Gasteiger partial charge is 0.394 e. The second-order valence-corrected chi connectivity index (χ2v) is 7.68. The zero-order valence-corrected chi connectivity index (χ0v) is 16.3. The van der Waals surface area contributed by atoms with E-state index in [1.165, 1.54) is 30.5 Å². The number of carbonyl (C=O) groups excluding carboxylic acids is 1. The Morgan fingerprint density at radius 1 is 1.00 bits per heavy atom. The molecular formula is C23H29N3O2. The quantitative estimate of drug-likeness (QED) is 0.855. The Balaban J connectivity index is 1.45. The lowest BCUT2D eigenvalue weighted by molar-refractivity contribution is 0.126. The number of aliphatic hydroxyl groups is 1. The molecular weight excluding hydrogens is 350 g/mol. The number of amides is 2. The van der Waals surface area contributed by atoms with Crippen LogP contribution in [0.4, 0.5) is 10.5 Å². The molecule has 0 saturated carbocycles. The summed E-state index contributed by atoms with van der Waals surface area (Å²) in [6, 6.07) is 16.0. The number of para-hydroxylation sites is 1. The summed E-state index contributed by atoms with van der Waals surface area (Å²) in [5.74, 6) is 0. The molecule has 2 N–H and O–H groups in total. The van der Waals surface area contributed by atoms with Crippen molar-refractivity contribution in [2.24, 2.45) is 0 Å². The van der Waals surface area contributed by atoms with Gasteiger partial charge in [-0.3, -0.25) is 0 Å². The van der Waals surface area contributed by atoms with E-state index in [-0.39, 0.29) is 18.7 Å². The molecule has 2 heterocycles. The molecule has 2 aromatic carbocycles. The molecule has 0 aliphatic carbocycles. The Bertz CT molecular complexity index is 817. The predicted molar refractivity (Wildman–Crippen MR) is 111 cm³/mol. The van der Waals surface area contributed by atoms with Crippen molar-refractivity contribution >= 4 is 11.7 Å². The van der Waals surface area contributed by atoms with Crippen molar-refractivity contribution in [1.82, 2.24) is 10.2 Å². The Labute approximate surface area is 167 Å². The number of nitrogens with zero attached hydrogens (tertiary/aromatic N) is 2. The van der Waals surface area contributed by atoms with Crippen LogP contribution in [0, 0.1) is 0 Å². The first-order valence-corrected chi connectivity index (χ1v) is 10.3. The van der Waals surface area contributed by atoms with Crippen LogP contribution in [-0.4, -0.2) is 42.3 Å². The van der Waals surface area contributed by atoms with Gasteiger partial charge in [0.25, 0.3) is 0 Å². The van der Waals surface area contributed by atoms with E-state index in [1.807, 2.05) is 24.3 Å².